The van der Waals surface area contributed by atoms with Crippen LogP contribution < -0.4 is 5.32 Å². The minimum Gasteiger partial charge on any atom is -0.342 e. The number of rotatable bonds is 4. The number of fused-ring (bicyclic) bond motifs is 1. The number of carbonyl (C=O) groups excluding carboxylic acids is 2. The van der Waals surface area contributed by atoms with E-state index in [9.17, 15) is 14.0 Å². The van der Waals surface area contributed by atoms with Gasteiger partial charge in [0.25, 0.3) is 0 Å². The van der Waals surface area contributed by atoms with Crippen molar-refractivity contribution in [1.82, 2.24) is 15.1 Å². The molecular formula is C18H24FN3O2. The van der Waals surface area contributed by atoms with E-state index in [-0.39, 0.29) is 23.7 Å². The van der Waals surface area contributed by atoms with Gasteiger partial charge in [0.1, 0.15) is 17.9 Å². The average molecular weight is 333 g/mol. The summed E-state index contributed by atoms with van der Waals surface area (Å²) in [6.45, 7) is 6.06. The summed E-state index contributed by atoms with van der Waals surface area (Å²) in [6, 6.07) is 4.41. The quantitative estimate of drug-likeness (QED) is 0.907. The van der Waals surface area contributed by atoms with Gasteiger partial charge in [0.05, 0.1) is 0 Å². The Morgan fingerprint density at radius 3 is 2.79 bits per heavy atom. The zero-order chi connectivity index (χ0) is 17.3. The van der Waals surface area contributed by atoms with Gasteiger partial charge in [-0.25, -0.2) is 4.39 Å². The first-order valence-electron chi connectivity index (χ1n) is 8.58. The monoisotopic (exact) mass is 333 g/mol. The van der Waals surface area contributed by atoms with E-state index >= 15 is 0 Å². The van der Waals surface area contributed by atoms with Gasteiger partial charge in [-0.1, -0.05) is 25.5 Å². The Balaban J connectivity index is 1.67. The summed E-state index contributed by atoms with van der Waals surface area (Å²) in [4.78, 5) is 28.7. The number of halogens is 1. The molecule has 2 fully saturated rings. The van der Waals surface area contributed by atoms with Crippen LogP contribution in [0.4, 0.5) is 4.39 Å². The molecular weight excluding hydrogens is 309 g/mol. The van der Waals surface area contributed by atoms with Crippen LogP contribution in [-0.4, -0.2) is 53.3 Å². The van der Waals surface area contributed by atoms with Crippen molar-refractivity contribution in [3.8, 4) is 0 Å². The van der Waals surface area contributed by atoms with Crippen LogP contribution in [0.2, 0.25) is 0 Å². The van der Waals surface area contributed by atoms with Gasteiger partial charge in [0.2, 0.25) is 11.8 Å². The molecule has 130 valence electrons. The van der Waals surface area contributed by atoms with Gasteiger partial charge in [-0.2, -0.15) is 0 Å². The molecule has 0 aromatic heterocycles. The Bertz CT molecular complexity index is 649. The minimum absolute atomic E-state index is 0.0301. The van der Waals surface area contributed by atoms with Crippen molar-refractivity contribution in [3.05, 3.63) is 35.1 Å². The van der Waals surface area contributed by atoms with Gasteiger partial charge in [0.15, 0.2) is 0 Å². The number of hydrogen-bond donors (Lipinski definition) is 1. The summed E-state index contributed by atoms with van der Waals surface area (Å²) in [5.41, 5.74) is 1.51. The van der Waals surface area contributed by atoms with Gasteiger partial charge < -0.3 is 10.2 Å². The average Bonchev–Trinajstić information content (AvgIpc) is 2.56. The molecule has 0 aliphatic carbocycles. The SMILES string of the molecule is CCC[C@@H]1NC(=O)[C@H]2CN(Cc3ccc(C)c(F)c3)CCN2C1=O. The standard InChI is InChI=1S/C18H24FN3O2/c1-3-4-15-18(24)22-8-7-21(11-16(22)17(23)20-15)10-13-6-5-12(2)14(19)9-13/h5-6,9,15-16H,3-4,7-8,10-11H2,1-2H3,(H,20,23)/t15-,16+/m0/s1. The highest BCUT2D eigenvalue weighted by molar-refractivity contribution is 5.97. The van der Waals surface area contributed by atoms with Crippen molar-refractivity contribution in [2.45, 2.75) is 45.3 Å². The Morgan fingerprint density at radius 2 is 2.08 bits per heavy atom. The second kappa shape index (κ2) is 6.89. The van der Waals surface area contributed by atoms with Crippen LogP contribution in [-0.2, 0) is 16.1 Å². The first-order chi connectivity index (χ1) is 11.5. The predicted octanol–water partition coefficient (Wildman–Crippen LogP) is 1.45. The number of amides is 2. The molecule has 2 aliphatic rings. The van der Waals surface area contributed by atoms with Crippen LogP contribution in [0.25, 0.3) is 0 Å². The van der Waals surface area contributed by atoms with Crippen molar-refractivity contribution >= 4 is 11.8 Å². The van der Waals surface area contributed by atoms with E-state index in [1.54, 1.807) is 24.0 Å². The molecule has 0 saturated carbocycles. The third-order valence-electron chi connectivity index (χ3n) is 4.88. The molecule has 2 aliphatic heterocycles. The van der Waals surface area contributed by atoms with Crippen LogP contribution in [0.15, 0.2) is 18.2 Å². The Kier molecular flexibility index (Phi) is 4.85. The maximum absolute atomic E-state index is 13.7. The topological polar surface area (TPSA) is 52.7 Å². The molecule has 0 unspecified atom stereocenters. The summed E-state index contributed by atoms with van der Waals surface area (Å²) in [6.07, 6.45) is 1.54. The number of nitrogens with one attached hydrogen (secondary N) is 1. The van der Waals surface area contributed by atoms with Crippen LogP contribution in [0.3, 0.4) is 0 Å². The van der Waals surface area contributed by atoms with E-state index in [4.69, 9.17) is 0 Å². The third kappa shape index (κ3) is 3.29. The van der Waals surface area contributed by atoms with Crippen LogP contribution in [0.1, 0.15) is 30.9 Å². The highest BCUT2D eigenvalue weighted by Gasteiger charge is 2.42. The molecule has 1 N–H and O–H groups in total. The van der Waals surface area contributed by atoms with Crippen molar-refractivity contribution in [2.75, 3.05) is 19.6 Å². The second-order valence-electron chi connectivity index (χ2n) is 6.72. The lowest BCUT2D eigenvalue weighted by Gasteiger charge is -2.45. The molecule has 5 nitrogen and oxygen atoms in total. The molecule has 6 heteroatoms. The minimum atomic E-state index is -0.436. The van der Waals surface area contributed by atoms with E-state index in [0.717, 1.165) is 12.0 Å². The van der Waals surface area contributed by atoms with E-state index in [1.807, 2.05) is 13.0 Å². The molecule has 2 amide bonds. The second-order valence-corrected chi connectivity index (χ2v) is 6.72. The molecule has 2 heterocycles. The fourth-order valence-electron chi connectivity index (χ4n) is 3.48. The van der Waals surface area contributed by atoms with Gasteiger partial charge >= 0.3 is 0 Å². The van der Waals surface area contributed by atoms with Crippen molar-refractivity contribution in [2.24, 2.45) is 0 Å². The summed E-state index contributed by atoms with van der Waals surface area (Å²) in [7, 11) is 0. The van der Waals surface area contributed by atoms with Crippen LogP contribution in [0, 0.1) is 12.7 Å². The highest BCUT2D eigenvalue weighted by atomic mass is 19.1. The molecule has 24 heavy (non-hydrogen) atoms. The first-order valence-corrected chi connectivity index (χ1v) is 8.58. The summed E-state index contributed by atoms with van der Waals surface area (Å²) in [5, 5.41) is 2.85. The number of aryl methyl sites for hydroxylation is 1. The number of benzene rings is 1. The maximum atomic E-state index is 13.7. The van der Waals surface area contributed by atoms with Crippen LogP contribution >= 0.6 is 0 Å². The van der Waals surface area contributed by atoms with E-state index in [1.165, 1.54) is 0 Å². The van der Waals surface area contributed by atoms with Crippen molar-refractivity contribution in [1.29, 1.82) is 0 Å². The van der Waals surface area contributed by atoms with Gasteiger partial charge in [-0.15, -0.1) is 0 Å². The maximum Gasteiger partial charge on any atom is 0.245 e. The smallest absolute Gasteiger partial charge is 0.245 e. The largest absolute Gasteiger partial charge is 0.342 e. The first kappa shape index (κ1) is 16.9. The fraction of sp³-hybridized carbons (Fsp3) is 0.556. The summed E-state index contributed by atoms with van der Waals surface area (Å²) in [5.74, 6) is -0.255. The highest BCUT2D eigenvalue weighted by Crippen LogP contribution is 2.20. The lowest BCUT2D eigenvalue weighted by atomic mass is 10.0. The number of carbonyl (C=O) groups is 2. The Morgan fingerprint density at radius 1 is 1.29 bits per heavy atom. The van der Waals surface area contributed by atoms with E-state index in [0.29, 0.717) is 38.2 Å². The number of nitrogens with zero attached hydrogens (tertiary/aromatic N) is 2. The zero-order valence-corrected chi connectivity index (χ0v) is 14.2. The molecule has 0 bridgehead atoms. The van der Waals surface area contributed by atoms with Gasteiger partial charge in [-0.05, 0) is 30.5 Å². The lowest BCUT2D eigenvalue weighted by molar-refractivity contribution is -0.153. The number of hydrogen-bond acceptors (Lipinski definition) is 3. The molecule has 1 aromatic rings. The van der Waals surface area contributed by atoms with Crippen molar-refractivity contribution < 1.29 is 14.0 Å². The Hall–Kier alpha value is -1.95. The van der Waals surface area contributed by atoms with Crippen molar-refractivity contribution in [3.63, 3.8) is 0 Å². The zero-order valence-electron chi connectivity index (χ0n) is 14.2. The Labute approximate surface area is 141 Å². The lowest BCUT2D eigenvalue weighted by Crippen LogP contribution is -2.69. The third-order valence-corrected chi connectivity index (χ3v) is 4.88. The molecule has 1 aromatic carbocycles. The van der Waals surface area contributed by atoms with Crippen LogP contribution in [0.5, 0.6) is 0 Å². The molecule has 0 spiro atoms. The molecule has 2 saturated heterocycles. The summed E-state index contributed by atoms with van der Waals surface area (Å²) >= 11 is 0. The fourth-order valence-corrected chi connectivity index (χ4v) is 3.48. The van der Waals surface area contributed by atoms with E-state index in [2.05, 4.69) is 10.2 Å². The number of piperazine rings is 2. The van der Waals surface area contributed by atoms with Gasteiger partial charge in [-0.3, -0.25) is 14.5 Å². The summed E-state index contributed by atoms with van der Waals surface area (Å²) < 4.78 is 13.7. The normalized spacial score (nSPS) is 24.7. The van der Waals surface area contributed by atoms with E-state index < -0.39 is 6.04 Å². The molecule has 2 atom stereocenters. The van der Waals surface area contributed by atoms with Gasteiger partial charge in [0, 0.05) is 26.2 Å². The molecule has 3 rings (SSSR count). The predicted molar refractivity (Wildman–Crippen MR) is 88.8 cm³/mol. The molecule has 0 radical (unpaired) electrons.